The molecule has 0 atom stereocenters. The van der Waals surface area contributed by atoms with Crippen molar-refractivity contribution in [1.29, 1.82) is 0 Å². The number of amides is 1. The van der Waals surface area contributed by atoms with Gasteiger partial charge < -0.3 is 14.1 Å². The SMILES string of the molecule is CCCOc1ccc2cc(C(=O)N3CCc4[nH]nc(CC)c4C3)c(=O)oc2c1. The zero-order valence-electron chi connectivity index (χ0n) is 16.1. The summed E-state index contributed by atoms with van der Waals surface area (Å²) in [5, 5.41) is 8.06. The molecule has 7 nitrogen and oxygen atoms in total. The first-order valence-corrected chi connectivity index (χ1v) is 9.65. The predicted octanol–water partition coefficient (Wildman–Crippen LogP) is 3.07. The van der Waals surface area contributed by atoms with E-state index in [9.17, 15) is 9.59 Å². The van der Waals surface area contributed by atoms with Gasteiger partial charge in [0.1, 0.15) is 16.9 Å². The number of H-pyrrole nitrogens is 1. The third-order valence-electron chi connectivity index (χ3n) is 5.05. The van der Waals surface area contributed by atoms with Gasteiger partial charge in [0, 0.05) is 42.2 Å². The van der Waals surface area contributed by atoms with E-state index in [1.807, 2.05) is 19.9 Å². The van der Waals surface area contributed by atoms with Gasteiger partial charge in [-0.2, -0.15) is 5.10 Å². The number of benzene rings is 1. The van der Waals surface area contributed by atoms with Gasteiger partial charge in [0.2, 0.25) is 0 Å². The van der Waals surface area contributed by atoms with E-state index in [2.05, 4.69) is 10.2 Å². The van der Waals surface area contributed by atoms with E-state index in [1.54, 1.807) is 23.1 Å². The summed E-state index contributed by atoms with van der Waals surface area (Å²) >= 11 is 0. The number of aryl methyl sites for hydroxylation is 1. The summed E-state index contributed by atoms with van der Waals surface area (Å²) in [6.07, 6.45) is 2.39. The van der Waals surface area contributed by atoms with Crippen LogP contribution in [0.2, 0.25) is 0 Å². The topological polar surface area (TPSA) is 88.4 Å². The number of carbonyl (C=O) groups is 1. The lowest BCUT2D eigenvalue weighted by Gasteiger charge is -2.27. The summed E-state index contributed by atoms with van der Waals surface area (Å²) in [4.78, 5) is 27.2. The van der Waals surface area contributed by atoms with Gasteiger partial charge >= 0.3 is 5.63 Å². The highest BCUT2D eigenvalue weighted by molar-refractivity contribution is 5.96. The molecule has 28 heavy (non-hydrogen) atoms. The molecule has 0 saturated heterocycles. The Labute approximate surface area is 162 Å². The highest BCUT2D eigenvalue weighted by atomic mass is 16.5. The highest BCUT2D eigenvalue weighted by Crippen LogP contribution is 2.24. The van der Waals surface area contributed by atoms with Crippen LogP contribution in [0, 0.1) is 0 Å². The zero-order chi connectivity index (χ0) is 19.7. The number of nitrogens with one attached hydrogen (secondary N) is 1. The smallest absolute Gasteiger partial charge is 0.349 e. The van der Waals surface area contributed by atoms with Crippen molar-refractivity contribution >= 4 is 16.9 Å². The molecule has 1 amide bonds. The number of fused-ring (bicyclic) bond motifs is 2. The number of aromatic nitrogens is 2. The Hall–Kier alpha value is -3.09. The predicted molar refractivity (Wildman–Crippen MR) is 105 cm³/mol. The molecule has 1 N–H and O–H groups in total. The minimum Gasteiger partial charge on any atom is -0.493 e. The molecule has 1 aromatic carbocycles. The Morgan fingerprint density at radius 1 is 1.32 bits per heavy atom. The van der Waals surface area contributed by atoms with Crippen molar-refractivity contribution < 1.29 is 13.9 Å². The van der Waals surface area contributed by atoms with Crippen molar-refractivity contribution in [3.63, 3.8) is 0 Å². The Balaban J connectivity index is 1.62. The molecule has 0 fully saturated rings. The highest BCUT2D eigenvalue weighted by Gasteiger charge is 2.27. The quantitative estimate of drug-likeness (QED) is 0.686. The molecule has 1 aliphatic rings. The largest absolute Gasteiger partial charge is 0.493 e. The normalized spacial score (nSPS) is 13.6. The summed E-state index contributed by atoms with van der Waals surface area (Å²) in [7, 11) is 0. The number of hydrogen-bond donors (Lipinski definition) is 1. The summed E-state index contributed by atoms with van der Waals surface area (Å²) < 4.78 is 11.0. The van der Waals surface area contributed by atoms with Crippen molar-refractivity contribution in [3.05, 3.63) is 57.2 Å². The summed E-state index contributed by atoms with van der Waals surface area (Å²) in [5.74, 6) is 0.336. The zero-order valence-corrected chi connectivity index (χ0v) is 16.1. The van der Waals surface area contributed by atoms with E-state index in [4.69, 9.17) is 9.15 Å². The van der Waals surface area contributed by atoms with Crippen LogP contribution >= 0.6 is 0 Å². The monoisotopic (exact) mass is 381 g/mol. The lowest BCUT2D eigenvalue weighted by atomic mass is 10.0. The molecule has 0 unspecified atom stereocenters. The van der Waals surface area contributed by atoms with Crippen LogP contribution in [0.3, 0.4) is 0 Å². The maximum Gasteiger partial charge on any atom is 0.349 e. The fourth-order valence-electron chi connectivity index (χ4n) is 3.54. The van der Waals surface area contributed by atoms with Gasteiger partial charge in [0.15, 0.2) is 0 Å². The van der Waals surface area contributed by atoms with E-state index in [1.165, 1.54) is 0 Å². The van der Waals surface area contributed by atoms with Crippen molar-refractivity contribution in [2.45, 2.75) is 39.7 Å². The fraction of sp³-hybridized carbons (Fsp3) is 0.381. The summed E-state index contributed by atoms with van der Waals surface area (Å²) in [5.41, 5.74) is 2.95. The molecular formula is C21H23N3O4. The van der Waals surface area contributed by atoms with Gasteiger partial charge in [-0.1, -0.05) is 13.8 Å². The molecule has 0 spiro atoms. The van der Waals surface area contributed by atoms with Crippen molar-refractivity contribution in [2.75, 3.05) is 13.2 Å². The average Bonchev–Trinajstić information content (AvgIpc) is 3.13. The summed E-state index contributed by atoms with van der Waals surface area (Å²) in [6.45, 7) is 5.65. The van der Waals surface area contributed by atoms with Gasteiger partial charge in [-0.25, -0.2) is 4.79 Å². The third-order valence-corrected chi connectivity index (χ3v) is 5.05. The first-order valence-electron chi connectivity index (χ1n) is 9.65. The van der Waals surface area contributed by atoms with Crippen LogP contribution in [0.5, 0.6) is 5.75 Å². The van der Waals surface area contributed by atoms with Gasteiger partial charge in [0.05, 0.1) is 12.3 Å². The Morgan fingerprint density at radius 3 is 2.96 bits per heavy atom. The third kappa shape index (κ3) is 3.28. The molecule has 2 aromatic heterocycles. The number of hydrogen-bond acceptors (Lipinski definition) is 5. The van der Waals surface area contributed by atoms with Gasteiger partial charge in [-0.3, -0.25) is 9.89 Å². The van der Waals surface area contributed by atoms with Crippen LogP contribution in [0.1, 0.15) is 47.6 Å². The Morgan fingerprint density at radius 2 is 2.18 bits per heavy atom. The lowest BCUT2D eigenvalue weighted by Crippen LogP contribution is -2.38. The van der Waals surface area contributed by atoms with Crippen LogP contribution < -0.4 is 10.4 Å². The lowest BCUT2D eigenvalue weighted by molar-refractivity contribution is 0.0730. The molecule has 0 saturated carbocycles. The second-order valence-electron chi connectivity index (χ2n) is 6.95. The van der Waals surface area contributed by atoms with Crippen LogP contribution in [0.4, 0.5) is 0 Å². The molecular weight excluding hydrogens is 358 g/mol. The Bertz CT molecular complexity index is 1070. The fourth-order valence-corrected chi connectivity index (χ4v) is 3.54. The van der Waals surface area contributed by atoms with Crippen molar-refractivity contribution in [1.82, 2.24) is 15.1 Å². The van der Waals surface area contributed by atoms with E-state index >= 15 is 0 Å². The molecule has 7 heteroatoms. The molecule has 4 rings (SSSR count). The number of rotatable bonds is 5. The number of nitrogens with zero attached hydrogens (tertiary/aromatic N) is 2. The minimum absolute atomic E-state index is 0.0553. The van der Waals surface area contributed by atoms with Gasteiger partial charge in [-0.05, 0) is 31.0 Å². The van der Waals surface area contributed by atoms with Crippen molar-refractivity contribution in [2.24, 2.45) is 0 Å². The van der Waals surface area contributed by atoms with Crippen LogP contribution in [-0.4, -0.2) is 34.2 Å². The second kappa shape index (κ2) is 7.50. The summed E-state index contributed by atoms with van der Waals surface area (Å²) in [6, 6.07) is 6.92. The van der Waals surface area contributed by atoms with E-state index < -0.39 is 5.63 Å². The number of aromatic amines is 1. The molecule has 3 aromatic rings. The maximum absolute atomic E-state index is 13.0. The standard InChI is InChI=1S/C21H23N3O4/c1-3-9-27-14-6-5-13-10-15(21(26)28-19(13)11-14)20(25)24-8-7-18-16(12-24)17(4-2)22-23-18/h5-6,10-11H,3-4,7-9,12H2,1-2H3,(H,22,23). The second-order valence-corrected chi connectivity index (χ2v) is 6.95. The minimum atomic E-state index is -0.626. The number of ether oxygens (including phenoxy) is 1. The van der Waals surface area contributed by atoms with Crippen LogP contribution in [-0.2, 0) is 19.4 Å². The van der Waals surface area contributed by atoms with Crippen LogP contribution in [0.15, 0.2) is 33.5 Å². The van der Waals surface area contributed by atoms with Crippen molar-refractivity contribution in [3.8, 4) is 5.75 Å². The number of carbonyl (C=O) groups excluding carboxylic acids is 1. The van der Waals surface area contributed by atoms with Gasteiger partial charge in [-0.15, -0.1) is 0 Å². The van der Waals surface area contributed by atoms with E-state index in [0.717, 1.165) is 29.8 Å². The Kier molecular flexibility index (Phi) is 4.90. The molecule has 0 aliphatic carbocycles. The molecule has 146 valence electrons. The van der Waals surface area contributed by atoms with Crippen LogP contribution in [0.25, 0.3) is 11.0 Å². The van der Waals surface area contributed by atoms with E-state index in [0.29, 0.717) is 42.8 Å². The molecule has 1 aliphatic heterocycles. The average molecular weight is 381 g/mol. The molecule has 3 heterocycles. The first-order chi connectivity index (χ1) is 13.6. The molecule has 0 radical (unpaired) electrons. The first kappa shape index (κ1) is 18.3. The van der Waals surface area contributed by atoms with E-state index in [-0.39, 0.29) is 11.5 Å². The maximum atomic E-state index is 13.0. The molecule has 0 bridgehead atoms. The van der Waals surface area contributed by atoms with Gasteiger partial charge in [0.25, 0.3) is 5.91 Å².